The Morgan fingerprint density at radius 1 is 1.05 bits per heavy atom. The van der Waals surface area contributed by atoms with Gasteiger partial charge in [0, 0.05) is 25.4 Å². The molecule has 3 rings (SSSR count). The highest BCUT2D eigenvalue weighted by molar-refractivity contribution is 5.43. The van der Waals surface area contributed by atoms with Crippen molar-refractivity contribution >= 4 is 5.95 Å². The van der Waals surface area contributed by atoms with E-state index in [-0.39, 0.29) is 5.56 Å². The molecule has 2 heterocycles. The van der Waals surface area contributed by atoms with E-state index in [2.05, 4.69) is 9.88 Å². The van der Waals surface area contributed by atoms with E-state index >= 15 is 0 Å². The average molecular weight is 257 g/mol. The topological polar surface area (TPSA) is 47.4 Å². The lowest BCUT2D eigenvalue weighted by atomic mass is 10.3. The van der Waals surface area contributed by atoms with Crippen LogP contribution in [0, 0.1) is 0 Å². The zero-order valence-corrected chi connectivity index (χ0v) is 10.5. The minimum absolute atomic E-state index is 0.0670. The summed E-state index contributed by atoms with van der Waals surface area (Å²) in [4.78, 5) is 18.6. The summed E-state index contributed by atoms with van der Waals surface area (Å²) in [5.74, 6) is 0.682. The quantitative estimate of drug-likeness (QED) is 0.807. The van der Waals surface area contributed by atoms with E-state index in [1.54, 1.807) is 10.8 Å². The third kappa shape index (κ3) is 2.37. The predicted octanol–water partition coefficient (Wildman–Crippen LogP) is 1.07. The van der Waals surface area contributed by atoms with Crippen molar-refractivity contribution in [3.05, 3.63) is 52.9 Å². The molecule has 0 aliphatic carbocycles. The molecule has 0 N–H and O–H groups in total. The molecular formula is C14H15N3O2. The predicted molar refractivity (Wildman–Crippen MR) is 72.9 cm³/mol. The van der Waals surface area contributed by atoms with Gasteiger partial charge in [-0.15, -0.1) is 0 Å². The first-order chi connectivity index (χ1) is 9.36. The average Bonchev–Trinajstić information content (AvgIpc) is 2.49. The number of benzene rings is 1. The van der Waals surface area contributed by atoms with Crippen LogP contribution in [0.1, 0.15) is 0 Å². The summed E-state index contributed by atoms with van der Waals surface area (Å²) >= 11 is 0. The summed E-state index contributed by atoms with van der Waals surface area (Å²) in [7, 11) is 0. The van der Waals surface area contributed by atoms with Gasteiger partial charge in [-0.25, -0.2) is 9.55 Å². The van der Waals surface area contributed by atoms with Gasteiger partial charge in [0.1, 0.15) is 0 Å². The summed E-state index contributed by atoms with van der Waals surface area (Å²) < 4.78 is 6.98. The zero-order chi connectivity index (χ0) is 13.1. The molecule has 5 heteroatoms. The molecule has 1 aliphatic rings. The van der Waals surface area contributed by atoms with Gasteiger partial charge in [0.25, 0.3) is 5.56 Å². The van der Waals surface area contributed by atoms with Crippen LogP contribution in [0.25, 0.3) is 5.69 Å². The second-order valence-electron chi connectivity index (χ2n) is 4.35. The van der Waals surface area contributed by atoms with E-state index in [9.17, 15) is 4.79 Å². The Kier molecular flexibility index (Phi) is 3.29. The maximum Gasteiger partial charge on any atom is 0.259 e. The number of anilines is 1. The van der Waals surface area contributed by atoms with Crippen LogP contribution in [0.2, 0.25) is 0 Å². The van der Waals surface area contributed by atoms with Gasteiger partial charge in [0.05, 0.1) is 18.9 Å². The Labute approximate surface area is 111 Å². The van der Waals surface area contributed by atoms with E-state index < -0.39 is 0 Å². The number of hydrogen-bond acceptors (Lipinski definition) is 4. The molecule has 2 aromatic rings. The highest BCUT2D eigenvalue weighted by Crippen LogP contribution is 2.15. The Morgan fingerprint density at radius 2 is 1.79 bits per heavy atom. The molecule has 1 aromatic carbocycles. The van der Waals surface area contributed by atoms with Crippen LogP contribution in [0.3, 0.4) is 0 Å². The van der Waals surface area contributed by atoms with Crippen molar-refractivity contribution in [2.45, 2.75) is 0 Å². The largest absolute Gasteiger partial charge is 0.378 e. The van der Waals surface area contributed by atoms with Gasteiger partial charge in [-0.1, -0.05) is 18.2 Å². The van der Waals surface area contributed by atoms with Crippen LogP contribution < -0.4 is 10.5 Å². The number of rotatable bonds is 2. The minimum atomic E-state index is -0.0670. The number of morpholine rings is 1. The molecule has 19 heavy (non-hydrogen) atoms. The minimum Gasteiger partial charge on any atom is -0.378 e. The SMILES string of the molecule is O=c1ccnc(N2CCOCC2)n1-c1ccccc1. The lowest BCUT2D eigenvalue weighted by Crippen LogP contribution is -2.40. The first kappa shape index (κ1) is 11.9. The van der Waals surface area contributed by atoms with Crippen LogP contribution in [0.5, 0.6) is 0 Å². The summed E-state index contributed by atoms with van der Waals surface area (Å²) in [5.41, 5.74) is 0.768. The van der Waals surface area contributed by atoms with Gasteiger partial charge in [0.2, 0.25) is 5.95 Å². The Morgan fingerprint density at radius 3 is 2.53 bits per heavy atom. The second-order valence-corrected chi connectivity index (χ2v) is 4.35. The monoisotopic (exact) mass is 257 g/mol. The van der Waals surface area contributed by atoms with Crippen LogP contribution in [-0.2, 0) is 4.74 Å². The first-order valence-corrected chi connectivity index (χ1v) is 6.32. The van der Waals surface area contributed by atoms with E-state index in [4.69, 9.17) is 4.74 Å². The Balaban J connectivity index is 2.10. The smallest absolute Gasteiger partial charge is 0.259 e. The maximum atomic E-state index is 12.1. The zero-order valence-electron chi connectivity index (χ0n) is 10.5. The van der Waals surface area contributed by atoms with Gasteiger partial charge < -0.3 is 9.64 Å². The molecule has 0 bridgehead atoms. The van der Waals surface area contributed by atoms with Crippen molar-refractivity contribution in [1.82, 2.24) is 9.55 Å². The third-order valence-corrected chi connectivity index (χ3v) is 3.14. The van der Waals surface area contributed by atoms with Gasteiger partial charge >= 0.3 is 0 Å². The fourth-order valence-electron chi connectivity index (χ4n) is 2.20. The molecule has 1 aromatic heterocycles. The van der Waals surface area contributed by atoms with Gasteiger partial charge in [0.15, 0.2) is 0 Å². The number of hydrogen-bond donors (Lipinski definition) is 0. The fraction of sp³-hybridized carbons (Fsp3) is 0.286. The van der Waals surface area contributed by atoms with Crippen molar-refractivity contribution in [1.29, 1.82) is 0 Å². The molecule has 98 valence electrons. The normalized spacial score (nSPS) is 15.5. The van der Waals surface area contributed by atoms with E-state index in [1.807, 2.05) is 30.3 Å². The Hall–Kier alpha value is -2.14. The second kappa shape index (κ2) is 5.24. The summed E-state index contributed by atoms with van der Waals surface area (Å²) in [5, 5.41) is 0. The van der Waals surface area contributed by atoms with Gasteiger partial charge in [-0.05, 0) is 12.1 Å². The van der Waals surface area contributed by atoms with Crippen LogP contribution >= 0.6 is 0 Å². The lowest BCUT2D eigenvalue weighted by Gasteiger charge is -2.29. The van der Waals surface area contributed by atoms with Gasteiger partial charge in [-0.2, -0.15) is 0 Å². The molecule has 0 unspecified atom stereocenters. The van der Waals surface area contributed by atoms with E-state index in [0.717, 1.165) is 18.8 Å². The molecule has 1 saturated heterocycles. The number of ether oxygens (including phenoxy) is 1. The fourth-order valence-corrected chi connectivity index (χ4v) is 2.20. The van der Waals surface area contributed by atoms with Crippen LogP contribution in [0.4, 0.5) is 5.95 Å². The van der Waals surface area contributed by atoms with Crippen molar-refractivity contribution in [3.8, 4) is 5.69 Å². The first-order valence-electron chi connectivity index (χ1n) is 6.32. The van der Waals surface area contributed by atoms with E-state index in [0.29, 0.717) is 19.2 Å². The highest BCUT2D eigenvalue weighted by atomic mass is 16.5. The molecule has 5 nitrogen and oxygen atoms in total. The third-order valence-electron chi connectivity index (χ3n) is 3.14. The van der Waals surface area contributed by atoms with E-state index in [1.165, 1.54) is 6.07 Å². The van der Waals surface area contributed by atoms with Crippen LogP contribution in [0.15, 0.2) is 47.4 Å². The van der Waals surface area contributed by atoms with Crippen molar-refractivity contribution in [2.24, 2.45) is 0 Å². The number of para-hydroxylation sites is 1. The number of aromatic nitrogens is 2. The van der Waals surface area contributed by atoms with Crippen molar-refractivity contribution in [2.75, 3.05) is 31.2 Å². The van der Waals surface area contributed by atoms with Gasteiger partial charge in [-0.3, -0.25) is 4.79 Å². The molecule has 0 radical (unpaired) electrons. The maximum absolute atomic E-state index is 12.1. The number of nitrogens with zero attached hydrogens (tertiary/aromatic N) is 3. The standard InChI is InChI=1S/C14H15N3O2/c18-13-6-7-15-14(16-8-10-19-11-9-16)17(13)12-4-2-1-3-5-12/h1-7H,8-11H2. The molecule has 1 fully saturated rings. The van der Waals surface area contributed by atoms with Crippen molar-refractivity contribution in [3.63, 3.8) is 0 Å². The summed E-state index contributed by atoms with van der Waals surface area (Å²) in [6.07, 6.45) is 1.56. The molecule has 0 spiro atoms. The summed E-state index contributed by atoms with van der Waals surface area (Å²) in [6.45, 7) is 2.84. The Bertz CT molecular complexity index is 604. The molecule has 0 amide bonds. The molecule has 0 saturated carbocycles. The molecule has 1 aliphatic heterocycles. The summed E-state index contributed by atoms with van der Waals surface area (Å²) in [6, 6.07) is 11.1. The molecular weight excluding hydrogens is 242 g/mol. The van der Waals surface area contributed by atoms with Crippen molar-refractivity contribution < 1.29 is 4.74 Å². The highest BCUT2D eigenvalue weighted by Gasteiger charge is 2.17. The van der Waals surface area contributed by atoms with Crippen LogP contribution in [-0.4, -0.2) is 35.9 Å². The molecule has 0 atom stereocenters. The lowest BCUT2D eigenvalue weighted by molar-refractivity contribution is 0.121.